The van der Waals surface area contributed by atoms with Gasteiger partial charge in [0.25, 0.3) is 11.8 Å². The second kappa shape index (κ2) is 11.2. The van der Waals surface area contributed by atoms with E-state index < -0.39 is 23.5 Å². The van der Waals surface area contributed by atoms with Gasteiger partial charge in [0.05, 0.1) is 36.3 Å². The van der Waals surface area contributed by atoms with Crippen molar-refractivity contribution >= 4 is 34.4 Å². The van der Waals surface area contributed by atoms with Crippen LogP contribution in [0.2, 0.25) is 0 Å². The number of hydrogen-bond donors (Lipinski definition) is 4. The van der Waals surface area contributed by atoms with E-state index in [0.29, 0.717) is 22.4 Å². The van der Waals surface area contributed by atoms with Crippen LogP contribution in [0.25, 0.3) is 16.7 Å². The summed E-state index contributed by atoms with van der Waals surface area (Å²) >= 11 is 0. The number of nitrogen functional groups attached to an aromatic ring is 1. The number of anilines is 2. The molecule has 1 unspecified atom stereocenters. The van der Waals surface area contributed by atoms with Crippen molar-refractivity contribution in [3.63, 3.8) is 0 Å². The number of nitrogens with zero attached hydrogens (tertiary/aromatic N) is 5. The molecule has 13 heteroatoms. The third-order valence-electron chi connectivity index (χ3n) is 7.35. The Hall–Kier alpha value is -5.27. The Morgan fingerprint density at radius 2 is 2.02 bits per heavy atom. The third kappa shape index (κ3) is 5.50. The van der Waals surface area contributed by atoms with Gasteiger partial charge in [0.1, 0.15) is 11.4 Å². The molecule has 1 saturated heterocycles. The number of nitrogens with one attached hydrogen (secondary N) is 1. The average Bonchev–Trinajstić information content (AvgIpc) is 3.63. The summed E-state index contributed by atoms with van der Waals surface area (Å²) in [5.41, 5.74) is 6.56. The molecule has 2 amide bonds. The van der Waals surface area contributed by atoms with E-state index >= 15 is 0 Å². The van der Waals surface area contributed by atoms with Crippen molar-refractivity contribution in [2.45, 2.75) is 25.0 Å². The Morgan fingerprint density at radius 3 is 2.84 bits per heavy atom. The summed E-state index contributed by atoms with van der Waals surface area (Å²) in [6.07, 6.45) is 1.95. The highest BCUT2D eigenvalue weighted by Crippen LogP contribution is 2.29. The van der Waals surface area contributed by atoms with Crippen molar-refractivity contribution < 1.29 is 29.1 Å². The predicted octanol–water partition coefficient (Wildman–Crippen LogP) is 2.14. The summed E-state index contributed by atoms with van der Waals surface area (Å²) in [7, 11) is 0. The number of aromatic hydroxyl groups is 1. The molecule has 2 atom stereocenters. The molecule has 5 aromatic rings. The summed E-state index contributed by atoms with van der Waals surface area (Å²) in [6.45, 7) is 1.83. The topological polar surface area (TPSA) is 182 Å². The lowest BCUT2D eigenvalue weighted by Gasteiger charge is -2.40. The van der Waals surface area contributed by atoms with Gasteiger partial charge in [0.15, 0.2) is 23.3 Å². The molecule has 0 spiro atoms. The van der Waals surface area contributed by atoms with Crippen LogP contribution in [0, 0.1) is 6.92 Å². The number of aryl methyl sites for hydroxylation is 1. The molecule has 0 aliphatic carbocycles. The molecule has 6 rings (SSSR count). The van der Waals surface area contributed by atoms with E-state index in [0.717, 1.165) is 11.4 Å². The molecule has 0 bridgehead atoms. The number of pyridine rings is 1. The molecule has 1 aliphatic rings. The zero-order valence-corrected chi connectivity index (χ0v) is 23.2. The van der Waals surface area contributed by atoms with Gasteiger partial charge in [-0.25, -0.2) is 4.68 Å². The summed E-state index contributed by atoms with van der Waals surface area (Å²) in [5, 5.41) is 33.9. The molecule has 0 radical (unpaired) electrons. The molecular weight excluding hydrogens is 554 g/mol. The van der Waals surface area contributed by atoms with Crippen LogP contribution in [0.1, 0.15) is 21.6 Å². The number of carbonyl (C=O) groups excluding carboxylic acids is 2. The number of aliphatic hydroxyl groups is 1. The molecule has 1 fully saturated rings. The lowest BCUT2D eigenvalue weighted by Crippen LogP contribution is -2.63. The molecule has 3 aromatic heterocycles. The fraction of sp³-hybridized carbons (Fsp3) is 0.233. The highest BCUT2D eigenvalue weighted by molar-refractivity contribution is 5.98. The number of rotatable bonds is 8. The van der Waals surface area contributed by atoms with Gasteiger partial charge in [0, 0.05) is 30.6 Å². The standard InChI is InChI=1S/C30H29N7O6/c1-18-14-20(8-10-32-18)37-11-9-25(34-37)36-12-13-42-26(29(36)40)30(41,17-33-28(39)21-4-2-3-5-23(21)38)16-19-6-7-22-24(15-19)43-35-27(22)31/h2-11,14-15,26,38,41H,12-13,16-17H2,1H3,(H2,31,35)(H,33,39)/t26-,30?/m0/s1. The minimum absolute atomic E-state index is 0.0257. The largest absolute Gasteiger partial charge is 0.507 e. The van der Waals surface area contributed by atoms with Crippen LogP contribution in [0.3, 0.4) is 0 Å². The Bertz CT molecular complexity index is 1820. The number of morpholine rings is 1. The van der Waals surface area contributed by atoms with Crippen LogP contribution in [-0.4, -0.2) is 73.3 Å². The van der Waals surface area contributed by atoms with Crippen LogP contribution in [0.15, 0.2) is 77.6 Å². The van der Waals surface area contributed by atoms with Gasteiger partial charge in [-0.2, -0.15) is 0 Å². The summed E-state index contributed by atoms with van der Waals surface area (Å²) in [6, 6.07) is 16.5. The maximum absolute atomic E-state index is 13.9. The Morgan fingerprint density at radius 1 is 1.19 bits per heavy atom. The monoisotopic (exact) mass is 583 g/mol. The first-order valence-corrected chi connectivity index (χ1v) is 13.6. The molecule has 0 saturated carbocycles. The summed E-state index contributed by atoms with van der Waals surface area (Å²) < 4.78 is 12.8. The van der Waals surface area contributed by atoms with Crippen LogP contribution >= 0.6 is 0 Å². The first-order chi connectivity index (χ1) is 20.7. The number of amides is 2. The second-order valence-electron chi connectivity index (χ2n) is 10.4. The fourth-order valence-electron chi connectivity index (χ4n) is 5.18. The summed E-state index contributed by atoms with van der Waals surface area (Å²) in [5.74, 6) is -0.748. The van der Waals surface area contributed by atoms with Crippen molar-refractivity contribution in [3.8, 4) is 11.4 Å². The minimum Gasteiger partial charge on any atom is -0.507 e. The minimum atomic E-state index is -1.92. The number of phenols is 1. The average molecular weight is 584 g/mol. The van der Waals surface area contributed by atoms with Crippen LogP contribution in [0.5, 0.6) is 5.75 Å². The molecule has 2 aromatic carbocycles. The van der Waals surface area contributed by atoms with Gasteiger partial charge in [-0.15, -0.1) is 5.10 Å². The van der Waals surface area contributed by atoms with E-state index in [1.165, 1.54) is 17.0 Å². The van der Waals surface area contributed by atoms with Crippen LogP contribution < -0.4 is 16.0 Å². The van der Waals surface area contributed by atoms with Gasteiger partial charge >= 0.3 is 0 Å². The van der Waals surface area contributed by atoms with Crippen LogP contribution in [0.4, 0.5) is 11.6 Å². The van der Waals surface area contributed by atoms with Gasteiger partial charge < -0.3 is 30.5 Å². The normalized spacial score (nSPS) is 16.7. The van der Waals surface area contributed by atoms with Crippen molar-refractivity contribution in [2.24, 2.45) is 0 Å². The first-order valence-electron chi connectivity index (χ1n) is 13.6. The van der Waals surface area contributed by atoms with E-state index in [9.17, 15) is 19.8 Å². The number of para-hydroxylation sites is 1. The number of hydrogen-bond acceptors (Lipinski definition) is 10. The number of fused-ring (bicyclic) bond motifs is 1. The number of nitrogens with two attached hydrogens (primary N) is 1. The van der Waals surface area contributed by atoms with Gasteiger partial charge in [-0.1, -0.05) is 23.4 Å². The Kier molecular flexibility index (Phi) is 7.26. The number of ether oxygens (including phenoxy) is 1. The lowest BCUT2D eigenvalue weighted by molar-refractivity contribution is -0.157. The van der Waals surface area contributed by atoms with E-state index in [1.807, 2.05) is 13.0 Å². The van der Waals surface area contributed by atoms with Gasteiger partial charge in [-0.05, 0) is 48.9 Å². The molecule has 1 aliphatic heterocycles. The Labute approximate surface area is 245 Å². The molecule has 5 N–H and O–H groups in total. The number of benzene rings is 2. The molecule has 13 nitrogen and oxygen atoms in total. The van der Waals surface area contributed by atoms with Gasteiger partial charge in [0.2, 0.25) is 0 Å². The third-order valence-corrected chi connectivity index (χ3v) is 7.35. The van der Waals surface area contributed by atoms with E-state index in [2.05, 4.69) is 20.6 Å². The second-order valence-corrected chi connectivity index (χ2v) is 10.4. The maximum Gasteiger partial charge on any atom is 0.260 e. The van der Waals surface area contributed by atoms with Crippen molar-refractivity contribution in [1.82, 2.24) is 25.2 Å². The number of carbonyl (C=O) groups is 2. The number of aromatic nitrogens is 4. The highest BCUT2D eigenvalue weighted by Gasteiger charge is 2.47. The number of phenolic OH excluding ortho intramolecular Hbond substituents is 1. The smallest absolute Gasteiger partial charge is 0.260 e. The quantitative estimate of drug-likeness (QED) is 0.211. The molecule has 220 valence electrons. The molecular formula is C30H29N7O6. The zero-order chi connectivity index (χ0) is 30.1. The molecule has 4 heterocycles. The lowest BCUT2D eigenvalue weighted by atomic mass is 9.86. The SMILES string of the molecule is Cc1cc(-n2ccc(N3CCO[C@H](C(O)(CNC(=O)c4ccccc4O)Cc4ccc5c(N)noc5c4)C3=O)n2)ccn1. The fourth-order valence-corrected chi connectivity index (χ4v) is 5.18. The van der Waals surface area contributed by atoms with Crippen molar-refractivity contribution in [2.75, 3.05) is 30.3 Å². The highest BCUT2D eigenvalue weighted by atomic mass is 16.5. The summed E-state index contributed by atoms with van der Waals surface area (Å²) in [4.78, 5) is 32.6. The van der Waals surface area contributed by atoms with Crippen molar-refractivity contribution in [1.29, 1.82) is 0 Å². The van der Waals surface area contributed by atoms with Gasteiger partial charge in [-0.3, -0.25) is 19.5 Å². The van der Waals surface area contributed by atoms with Crippen molar-refractivity contribution in [3.05, 3.63) is 89.9 Å². The van der Waals surface area contributed by atoms with E-state index in [1.54, 1.807) is 59.5 Å². The zero-order valence-electron chi connectivity index (χ0n) is 23.2. The maximum atomic E-state index is 13.9. The first kappa shape index (κ1) is 27.9. The predicted molar refractivity (Wildman–Crippen MR) is 156 cm³/mol. The van der Waals surface area contributed by atoms with Crippen LogP contribution in [-0.2, 0) is 16.0 Å². The van der Waals surface area contributed by atoms with E-state index in [-0.39, 0.29) is 43.2 Å². The van der Waals surface area contributed by atoms with E-state index in [4.69, 9.17) is 15.0 Å². The Balaban J connectivity index is 1.30. The molecule has 43 heavy (non-hydrogen) atoms.